The van der Waals surface area contributed by atoms with Gasteiger partial charge in [-0.2, -0.15) is 4.98 Å². The van der Waals surface area contributed by atoms with Crippen LogP contribution in [0.2, 0.25) is 0 Å². The van der Waals surface area contributed by atoms with Gasteiger partial charge in [0.15, 0.2) is 17.3 Å². The predicted octanol–water partition coefficient (Wildman–Crippen LogP) is 3.78. The number of nitrogens with two attached hydrogens (primary N) is 1. The third-order valence-corrected chi connectivity index (χ3v) is 3.76. The van der Waals surface area contributed by atoms with Crippen LogP contribution in [-0.4, -0.2) is 29.7 Å². The Morgan fingerprint density at radius 3 is 2.64 bits per heavy atom. The van der Waals surface area contributed by atoms with Gasteiger partial charge in [-0.25, -0.2) is 9.78 Å². The van der Waals surface area contributed by atoms with E-state index in [4.69, 9.17) is 19.9 Å². The van der Waals surface area contributed by atoms with Crippen molar-refractivity contribution in [3.05, 3.63) is 60.4 Å². The quantitative estimate of drug-likeness (QED) is 0.596. The summed E-state index contributed by atoms with van der Waals surface area (Å²) in [5.41, 5.74) is 7.43. The number of hydrogen-bond acceptors (Lipinski definition) is 8. The first-order valence-electron chi connectivity index (χ1n) is 8.58. The monoisotopic (exact) mass is 380 g/mol. The molecule has 28 heavy (non-hydrogen) atoms. The smallest absolute Gasteiger partial charge is 0.338 e. The number of carbonyl (C=O) groups excluding carboxylic acids is 1. The van der Waals surface area contributed by atoms with Gasteiger partial charge in [0.2, 0.25) is 5.88 Å². The Labute approximate surface area is 162 Å². The molecule has 0 atom stereocenters. The van der Waals surface area contributed by atoms with E-state index in [2.05, 4.69) is 15.3 Å². The molecule has 1 heterocycles. The lowest BCUT2D eigenvalue weighted by molar-refractivity contribution is 0.0526. The Balaban J connectivity index is 1.84. The zero-order valence-electron chi connectivity index (χ0n) is 15.5. The van der Waals surface area contributed by atoms with Crippen molar-refractivity contribution in [2.45, 2.75) is 6.92 Å². The largest absolute Gasteiger partial charge is 0.493 e. The second-order valence-corrected chi connectivity index (χ2v) is 5.62. The van der Waals surface area contributed by atoms with Gasteiger partial charge in [-0.15, -0.1) is 0 Å². The van der Waals surface area contributed by atoms with Gasteiger partial charge in [0.25, 0.3) is 0 Å². The highest BCUT2D eigenvalue weighted by Crippen LogP contribution is 2.35. The number of benzene rings is 2. The standard InChI is InChI=1S/C20H20N4O4/c1-3-27-20(25)13-7-6-8-14(11-13)24-18-17(21)19(23-12-22-18)28-16-10-5-4-9-15(16)26-2/h4-12H,3,21H2,1-2H3,(H,22,23,24). The number of nitrogens with one attached hydrogen (secondary N) is 1. The van der Waals surface area contributed by atoms with Crippen LogP contribution in [0, 0.1) is 0 Å². The molecule has 0 aliphatic carbocycles. The van der Waals surface area contributed by atoms with Crippen LogP contribution in [0.4, 0.5) is 17.2 Å². The molecule has 8 nitrogen and oxygen atoms in total. The summed E-state index contributed by atoms with van der Waals surface area (Å²) < 4.78 is 16.1. The first kappa shape index (κ1) is 19.0. The number of rotatable bonds is 7. The molecule has 0 spiro atoms. The topological polar surface area (TPSA) is 109 Å². The van der Waals surface area contributed by atoms with Gasteiger partial charge in [-0.3, -0.25) is 0 Å². The number of anilines is 3. The molecule has 0 amide bonds. The molecule has 0 fully saturated rings. The highest BCUT2D eigenvalue weighted by molar-refractivity contribution is 5.91. The maximum absolute atomic E-state index is 11.9. The summed E-state index contributed by atoms with van der Waals surface area (Å²) in [6.07, 6.45) is 1.33. The van der Waals surface area contributed by atoms with Gasteiger partial charge in [0, 0.05) is 5.69 Å². The van der Waals surface area contributed by atoms with Crippen molar-refractivity contribution in [1.29, 1.82) is 0 Å². The molecule has 0 unspecified atom stereocenters. The molecule has 0 aliphatic heterocycles. The minimum absolute atomic E-state index is 0.184. The van der Waals surface area contributed by atoms with E-state index in [1.54, 1.807) is 50.4 Å². The van der Waals surface area contributed by atoms with Gasteiger partial charge < -0.3 is 25.3 Å². The summed E-state index contributed by atoms with van der Waals surface area (Å²) >= 11 is 0. The van der Waals surface area contributed by atoms with Crippen molar-refractivity contribution in [1.82, 2.24) is 9.97 Å². The van der Waals surface area contributed by atoms with Crippen LogP contribution < -0.4 is 20.5 Å². The fourth-order valence-corrected chi connectivity index (χ4v) is 2.44. The lowest BCUT2D eigenvalue weighted by atomic mass is 10.2. The van der Waals surface area contributed by atoms with Crippen LogP contribution in [0.25, 0.3) is 0 Å². The highest BCUT2D eigenvalue weighted by Gasteiger charge is 2.14. The number of methoxy groups -OCH3 is 1. The molecule has 8 heteroatoms. The van der Waals surface area contributed by atoms with Crippen LogP contribution in [-0.2, 0) is 4.74 Å². The number of carbonyl (C=O) groups is 1. The van der Waals surface area contributed by atoms with E-state index >= 15 is 0 Å². The Kier molecular flexibility index (Phi) is 5.91. The SMILES string of the molecule is CCOC(=O)c1cccc(Nc2ncnc(Oc3ccccc3OC)c2N)c1. The number of ether oxygens (including phenoxy) is 3. The van der Waals surface area contributed by atoms with E-state index in [-0.39, 0.29) is 11.6 Å². The number of para-hydroxylation sites is 2. The first-order chi connectivity index (χ1) is 13.6. The molecule has 0 radical (unpaired) electrons. The highest BCUT2D eigenvalue weighted by atomic mass is 16.5. The van der Waals surface area contributed by atoms with Crippen molar-refractivity contribution in [3.8, 4) is 17.4 Å². The fraction of sp³-hybridized carbons (Fsp3) is 0.150. The lowest BCUT2D eigenvalue weighted by Gasteiger charge is -2.13. The minimum Gasteiger partial charge on any atom is -0.493 e. The van der Waals surface area contributed by atoms with E-state index in [0.29, 0.717) is 35.2 Å². The maximum Gasteiger partial charge on any atom is 0.338 e. The van der Waals surface area contributed by atoms with Crippen LogP contribution in [0.3, 0.4) is 0 Å². The lowest BCUT2D eigenvalue weighted by Crippen LogP contribution is -2.06. The van der Waals surface area contributed by atoms with Crippen LogP contribution in [0.1, 0.15) is 17.3 Å². The number of esters is 1. The predicted molar refractivity (Wildman–Crippen MR) is 105 cm³/mol. The molecule has 3 N–H and O–H groups in total. The Bertz CT molecular complexity index is 978. The fourth-order valence-electron chi connectivity index (χ4n) is 2.44. The average molecular weight is 380 g/mol. The number of aromatic nitrogens is 2. The molecule has 3 aromatic rings. The average Bonchev–Trinajstić information content (AvgIpc) is 2.72. The van der Waals surface area contributed by atoms with Gasteiger partial charge in [-0.1, -0.05) is 18.2 Å². The molecule has 144 valence electrons. The molecule has 2 aromatic carbocycles. The van der Waals surface area contributed by atoms with Crippen LogP contribution in [0.5, 0.6) is 17.4 Å². The molecule has 1 aromatic heterocycles. The van der Waals surface area contributed by atoms with Gasteiger partial charge in [0.1, 0.15) is 12.0 Å². The van der Waals surface area contributed by atoms with Crippen molar-refractivity contribution < 1.29 is 19.0 Å². The number of nitrogen functional groups attached to an aromatic ring is 1. The van der Waals surface area contributed by atoms with Crippen LogP contribution in [0.15, 0.2) is 54.9 Å². The van der Waals surface area contributed by atoms with E-state index in [1.807, 2.05) is 12.1 Å². The summed E-state index contributed by atoms with van der Waals surface area (Å²) in [6, 6.07) is 14.0. The molecule has 0 saturated carbocycles. The van der Waals surface area contributed by atoms with Gasteiger partial charge in [-0.05, 0) is 37.3 Å². The zero-order valence-corrected chi connectivity index (χ0v) is 15.5. The van der Waals surface area contributed by atoms with Crippen molar-refractivity contribution in [2.75, 3.05) is 24.8 Å². The maximum atomic E-state index is 11.9. The third kappa shape index (κ3) is 4.29. The van der Waals surface area contributed by atoms with E-state index < -0.39 is 5.97 Å². The van der Waals surface area contributed by atoms with E-state index in [1.165, 1.54) is 6.33 Å². The second kappa shape index (κ2) is 8.72. The number of hydrogen-bond donors (Lipinski definition) is 2. The Morgan fingerprint density at radius 2 is 1.89 bits per heavy atom. The number of nitrogens with zero attached hydrogens (tertiary/aromatic N) is 2. The summed E-state index contributed by atoms with van der Waals surface area (Å²) in [5, 5.41) is 3.07. The molecule has 3 rings (SSSR count). The van der Waals surface area contributed by atoms with E-state index in [0.717, 1.165) is 0 Å². The van der Waals surface area contributed by atoms with E-state index in [9.17, 15) is 4.79 Å². The molecule has 0 saturated heterocycles. The van der Waals surface area contributed by atoms with Crippen molar-refractivity contribution in [3.63, 3.8) is 0 Å². The van der Waals surface area contributed by atoms with Crippen LogP contribution >= 0.6 is 0 Å². The van der Waals surface area contributed by atoms with Gasteiger partial charge in [0.05, 0.1) is 19.3 Å². The molecule has 0 bridgehead atoms. The third-order valence-electron chi connectivity index (χ3n) is 3.76. The molecular formula is C20H20N4O4. The molecular weight excluding hydrogens is 360 g/mol. The summed E-state index contributed by atoms with van der Waals surface area (Å²) in [6.45, 7) is 2.06. The first-order valence-corrected chi connectivity index (χ1v) is 8.58. The Morgan fingerprint density at radius 1 is 1.11 bits per heavy atom. The summed E-state index contributed by atoms with van der Waals surface area (Å²) in [4.78, 5) is 20.1. The van der Waals surface area contributed by atoms with Gasteiger partial charge >= 0.3 is 5.97 Å². The van der Waals surface area contributed by atoms with Crippen molar-refractivity contribution >= 4 is 23.2 Å². The Hall–Kier alpha value is -3.81. The minimum atomic E-state index is -0.401. The zero-order chi connectivity index (χ0) is 19.9. The normalized spacial score (nSPS) is 10.2. The second-order valence-electron chi connectivity index (χ2n) is 5.62. The summed E-state index contributed by atoms with van der Waals surface area (Å²) in [5.74, 6) is 1.16. The summed E-state index contributed by atoms with van der Waals surface area (Å²) in [7, 11) is 1.55. The molecule has 0 aliphatic rings. The van der Waals surface area contributed by atoms with Crippen molar-refractivity contribution in [2.24, 2.45) is 0 Å².